The zero-order valence-corrected chi connectivity index (χ0v) is 11.0. The molecule has 3 rings (SSSR count). The summed E-state index contributed by atoms with van der Waals surface area (Å²) in [5.74, 6) is 0. The Morgan fingerprint density at radius 2 is 2.00 bits per heavy atom. The molecule has 1 fully saturated rings. The van der Waals surface area contributed by atoms with Crippen LogP contribution in [-0.4, -0.2) is 24.1 Å². The minimum Gasteiger partial charge on any atom is -0.382 e. The molecule has 1 aromatic heterocycles. The molecular formula is C14H18ClN3. The number of nitrogens with one attached hydrogen (secondary N) is 2. The zero-order chi connectivity index (χ0) is 11.5. The molecule has 96 valence electrons. The van der Waals surface area contributed by atoms with E-state index in [-0.39, 0.29) is 12.4 Å². The maximum absolute atomic E-state index is 4.16. The van der Waals surface area contributed by atoms with E-state index in [2.05, 4.69) is 39.9 Å². The normalized spacial score (nSPS) is 16.2. The Bertz CT molecular complexity index is 504. The first-order valence-electron chi connectivity index (χ1n) is 6.23. The molecule has 2 N–H and O–H groups in total. The highest BCUT2D eigenvalue weighted by Crippen LogP contribution is 2.24. The van der Waals surface area contributed by atoms with Crippen molar-refractivity contribution in [3.63, 3.8) is 0 Å². The van der Waals surface area contributed by atoms with Gasteiger partial charge in [0, 0.05) is 34.9 Å². The zero-order valence-electron chi connectivity index (χ0n) is 10.2. The number of halogens is 1. The molecule has 0 aliphatic carbocycles. The van der Waals surface area contributed by atoms with Crippen LogP contribution in [-0.2, 0) is 0 Å². The van der Waals surface area contributed by atoms with Gasteiger partial charge in [0.15, 0.2) is 0 Å². The smallest absolute Gasteiger partial charge is 0.0423 e. The van der Waals surface area contributed by atoms with Crippen molar-refractivity contribution in [2.24, 2.45) is 0 Å². The third-order valence-corrected chi connectivity index (χ3v) is 3.38. The van der Waals surface area contributed by atoms with Crippen LogP contribution in [0.1, 0.15) is 12.8 Å². The highest BCUT2D eigenvalue weighted by Gasteiger charge is 2.13. The van der Waals surface area contributed by atoms with Crippen LogP contribution in [0.25, 0.3) is 10.8 Å². The minimum absolute atomic E-state index is 0. The van der Waals surface area contributed by atoms with Gasteiger partial charge in [0.1, 0.15) is 0 Å². The average Bonchev–Trinajstić information content (AvgIpc) is 2.40. The summed E-state index contributed by atoms with van der Waals surface area (Å²) in [5, 5.41) is 9.51. The van der Waals surface area contributed by atoms with E-state index < -0.39 is 0 Å². The fourth-order valence-corrected chi connectivity index (χ4v) is 2.43. The van der Waals surface area contributed by atoms with Crippen LogP contribution >= 0.6 is 12.4 Å². The van der Waals surface area contributed by atoms with Crippen LogP contribution in [0, 0.1) is 0 Å². The molecule has 0 unspecified atom stereocenters. The molecule has 1 aliphatic heterocycles. The number of nitrogens with zero attached hydrogens (tertiary/aromatic N) is 1. The average molecular weight is 264 g/mol. The number of aromatic nitrogens is 1. The molecule has 4 heteroatoms. The molecule has 2 heterocycles. The van der Waals surface area contributed by atoms with Gasteiger partial charge in [-0.15, -0.1) is 12.4 Å². The number of anilines is 1. The molecule has 0 bridgehead atoms. The van der Waals surface area contributed by atoms with Gasteiger partial charge in [-0.1, -0.05) is 12.1 Å². The summed E-state index contributed by atoms with van der Waals surface area (Å²) in [6, 6.07) is 9.03. The number of hydrogen-bond donors (Lipinski definition) is 2. The lowest BCUT2D eigenvalue weighted by Gasteiger charge is -2.25. The van der Waals surface area contributed by atoms with E-state index in [1.807, 2.05) is 12.4 Å². The van der Waals surface area contributed by atoms with Crippen LogP contribution in [0.4, 0.5) is 5.69 Å². The van der Waals surface area contributed by atoms with Gasteiger partial charge < -0.3 is 10.6 Å². The van der Waals surface area contributed by atoms with Crippen molar-refractivity contribution in [2.45, 2.75) is 18.9 Å². The topological polar surface area (TPSA) is 37.0 Å². The summed E-state index contributed by atoms with van der Waals surface area (Å²) >= 11 is 0. The fourth-order valence-electron chi connectivity index (χ4n) is 2.43. The number of pyridine rings is 1. The Morgan fingerprint density at radius 3 is 2.83 bits per heavy atom. The van der Waals surface area contributed by atoms with Crippen molar-refractivity contribution in [1.29, 1.82) is 0 Å². The van der Waals surface area contributed by atoms with Crippen molar-refractivity contribution in [3.8, 4) is 0 Å². The molecule has 3 nitrogen and oxygen atoms in total. The van der Waals surface area contributed by atoms with Crippen LogP contribution in [0.15, 0.2) is 36.7 Å². The summed E-state index contributed by atoms with van der Waals surface area (Å²) in [7, 11) is 0. The second-order valence-corrected chi connectivity index (χ2v) is 4.57. The molecular weight excluding hydrogens is 246 g/mol. The van der Waals surface area contributed by atoms with E-state index in [9.17, 15) is 0 Å². The molecule has 2 aromatic rings. The van der Waals surface area contributed by atoms with E-state index in [0.717, 1.165) is 13.1 Å². The van der Waals surface area contributed by atoms with Crippen LogP contribution < -0.4 is 10.6 Å². The molecule has 1 saturated heterocycles. The van der Waals surface area contributed by atoms with Gasteiger partial charge >= 0.3 is 0 Å². The maximum atomic E-state index is 4.16. The van der Waals surface area contributed by atoms with Crippen LogP contribution in [0.3, 0.4) is 0 Å². The minimum atomic E-state index is 0. The number of piperidine rings is 1. The van der Waals surface area contributed by atoms with Gasteiger partial charge in [0.25, 0.3) is 0 Å². The predicted molar refractivity (Wildman–Crippen MR) is 78.5 cm³/mol. The molecule has 0 spiro atoms. The Kier molecular flexibility index (Phi) is 4.39. The Labute approximate surface area is 113 Å². The molecule has 1 aromatic carbocycles. The quantitative estimate of drug-likeness (QED) is 0.875. The Morgan fingerprint density at radius 1 is 1.17 bits per heavy atom. The van der Waals surface area contributed by atoms with E-state index in [4.69, 9.17) is 0 Å². The molecule has 1 aliphatic rings. The number of hydrogen-bond acceptors (Lipinski definition) is 3. The van der Waals surface area contributed by atoms with Crippen molar-refractivity contribution >= 4 is 28.9 Å². The van der Waals surface area contributed by atoms with E-state index >= 15 is 0 Å². The third-order valence-electron chi connectivity index (χ3n) is 3.38. The molecule has 18 heavy (non-hydrogen) atoms. The maximum Gasteiger partial charge on any atom is 0.0423 e. The van der Waals surface area contributed by atoms with Gasteiger partial charge in [0.05, 0.1) is 0 Å². The van der Waals surface area contributed by atoms with Crippen molar-refractivity contribution in [1.82, 2.24) is 10.3 Å². The molecule has 0 radical (unpaired) electrons. The summed E-state index contributed by atoms with van der Waals surface area (Å²) in [6.45, 7) is 2.23. The van der Waals surface area contributed by atoms with Gasteiger partial charge in [0.2, 0.25) is 0 Å². The highest BCUT2D eigenvalue weighted by molar-refractivity contribution is 5.93. The summed E-state index contributed by atoms with van der Waals surface area (Å²) in [6.07, 6.45) is 6.17. The largest absolute Gasteiger partial charge is 0.382 e. The second-order valence-electron chi connectivity index (χ2n) is 4.57. The standard InChI is InChI=1S/C14H17N3.ClH/c1-2-11-10-16-9-6-13(11)14(3-1)17-12-4-7-15-8-5-12;/h1-3,6,9-10,12,15,17H,4-5,7-8H2;1H. The van der Waals surface area contributed by atoms with Gasteiger partial charge in [-0.25, -0.2) is 0 Å². The van der Waals surface area contributed by atoms with Gasteiger partial charge in [-0.2, -0.15) is 0 Å². The molecule has 0 saturated carbocycles. The van der Waals surface area contributed by atoms with Gasteiger partial charge in [-0.05, 0) is 38.1 Å². The van der Waals surface area contributed by atoms with Crippen molar-refractivity contribution < 1.29 is 0 Å². The monoisotopic (exact) mass is 263 g/mol. The summed E-state index contributed by atoms with van der Waals surface area (Å²) in [4.78, 5) is 4.16. The van der Waals surface area contributed by atoms with E-state index in [1.54, 1.807) is 0 Å². The van der Waals surface area contributed by atoms with Crippen LogP contribution in [0.2, 0.25) is 0 Å². The lowest BCUT2D eigenvalue weighted by atomic mass is 10.0. The summed E-state index contributed by atoms with van der Waals surface area (Å²) in [5.41, 5.74) is 1.23. The van der Waals surface area contributed by atoms with Crippen LogP contribution in [0.5, 0.6) is 0 Å². The number of benzene rings is 1. The predicted octanol–water partition coefficient (Wildman–Crippen LogP) is 2.82. The molecule has 0 amide bonds. The second kappa shape index (κ2) is 6.03. The SMILES string of the molecule is Cl.c1cc(NC2CCNCC2)c2ccncc2c1. The molecule has 0 atom stereocenters. The van der Waals surface area contributed by atoms with E-state index in [0.29, 0.717) is 6.04 Å². The van der Waals surface area contributed by atoms with E-state index in [1.165, 1.54) is 29.3 Å². The Hall–Kier alpha value is -1.32. The first-order valence-corrected chi connectivity index (χ1v) is 6.23. The van der Waals surface area contributed by atoms with Crippen molar-refractivity contribution in [3.05, 3.63) is 36.7 Å². The Balaban J connectivity index is 0.00000120. The first kappa shape index (κ1) is 13.1. The number of fused-ring (bicyclic) bond motifs is 1. The van der Waals surface area contributed by atoms with Gasteiger partial charge in [-0.3, -0.25) is 4.98 Å². The highest BCUT2D eigenvalue weighted by atomic mass is 35.5. The lowest BCUT2D eigenvalue weighted by Crippen LogP contribution is -2.35. The first-order chi connectivity index (χ1) is 8.43. The number of rotatable bonds is 2. The lowest BCUT2D eigenvalue weighted by molar-refractivity contribution is 0.479. The summed E-state index contributed by atoms with van der Waals surface area (Å²) < 4.78 is 0. The fraction of sp³-hybridized carbons (Fsp3) is 0.357. The third kappa shape index (κ3) is 2.74. The van der Waals surface area contributed by atoms with Crippen molar-refractivity contribution in [2.75, 3.05) is 18.4 Å².